The van der Waals surface area contributed by atoms with E-state index in [-0.39, 0.29) is 11.6 Å². The number of aldehydes is 1. The van der Waals surface area contributed by atoms with E-state index in [2.05, 4.69) is 9.97 Å². The fourth-order valence-electron chi connectivity index (χ4n) is 5.18. The smallest absolute Gasteiger partial charge is 0.164 e. The van der Waals surface area contributed by atoms with Crippen LogP contribution in [0.2, 0.25) is 0 Å². The van der Waals surface area contributed by atoms with Crippen molar-refractivity contribution in [2.24, 2.45) is 0 Å². The number of aromatic nitrogens is 4. The lowest BCUT2D eigenvalue weighted by Crippen LogP contribution is -2.23. The molecule has 198 valence electrons. The molecule has 1 aliphatic rings. The Morgan fingerprint density at radius 2 is 1.82 bits per heavy atom. The van der Waals surface area contributed by atoms with Gasteiger partial charge < -0.3 is 15.3 Å². The third kappa shape index (κ3) is 4.12. The van der Waals surface area contributed by atoms with Crippen LogP contribution in [0.3, 0.4) is 0 Å². The summed E-state index contributed by atoms with van der Waals surface area (Å²) in [6, 6.07) is 19.8. The third-order valence-corrected chi connectivity index (χ3v) is 7.15. The van der Waals surface area contributed by atoms with E-state index in [4.69, 9.17) is 15.6 Å². The first kappa shape index (κ1) is 25.1. The van der Waals surface area contributed by atoms with Gasteiger partial charge in [0, 0.05) is 22.3 Å². The largest absolute Gasteiger partial charge is 0.459 e. The van der Waals surface area contributed by atoms with Gasteiger partial charge in [0.05, 0.1) is 11.3 Å². The number of hydrogen-bond donors (Lipinski definition) is 1. The molecule has 0 aliphatic carbocycles. The van der Waals surface area contributed by atoms with Crippen molar-refractivity contribution in [3.05, 3.63) is 107 Å². The van der Waals surface area contributed by atoms with Gasteiger partial charge >= 0.3 is 0 Å². The number of halogens is 1. The second kappa shape index (κ2) is 9.85. The second-order valence-corrected chi connectivity index (χ2v) is 9.60. The Balaban J connectivity index is 1.58. The minimum Gasteiger partial charge on any atom is -0.459 e. The average Bonchev–Trinajstić information content (AvgIpc) is 3.36. The van der Waals surface area contributed by atoms with Crippen LogP contribution in [0.15, 0.2) is 84.9 Å². The summed E-state index contributed by atoms with van der Waals surface area (Å²) >= 11 is 0. The van der Waals surface area contributed by atoms with Crippen LogP contribution >= 0.6 is 0 Å². The minimum atomic E-state index is -0.690. The Labute approximate surface area is 228 Å². The van der Waals surface area contributed by atoms with Crippen molar-refractivity contribution in [3.8, 4) is 17.0 Å². The van der Waals surface area contributed by atoms with Crippen LogP contribution in [0.25, 0.3) is 27.9 Å². The van der Waals surface area contributed by atoms with E-state index in [1.165, 1.54) is 25.4 Å². The van der Waals surface area contributed by atoms with Crippen molar-refractivity contribution >= 4 is 34.5 Å². The lowest BCUT2D eigenvalue weighted by molar-refractivity contribution is -0.108. The quantitative estimate of drug-likeness (QED) is 0.218. The molecule has 5 aromatic rings. The van der Waals surface area contributed by atoms with E-state index in [1.807, 2.05) is 25.1 Å². The zero-order chi connectivity index (χ0) is 28.0. The number of ketones is 1. The number of carbonyl (C=O) groups excluding carboxylic acids is 2. The third-order valence-electron chi connectivity index (χ3n) is 7.15. The molecule has 2 aromatic heterocycles. The Morgan fingerprint density at radius 1 is 1.05 bits per heavy atom. The maximum absolute atomic E-state index is 14.4. The molecule has 0 saturated carbocycles. The van der Waals surface area contributed by atoms with Crippen LogP contribution < -0.4 is 10.5 Å². The Hall–Kier alpha value is -5.18. The highest BCUT2D eigenvalue weighted by Gasteiger charge is 2.35. The topological polar surface area (TPSA) is 113 Å². The molecule has 1 aliphatic heterocycles. The molecule has 40 heavy (non-hydrogen) atoms. The van der Waals surface area contributed by atoms with Crippen LogP contribution in [0, 0.1) is 5.82 Å². The lowest BCUT2D eigenvalue weighted by atomic mass is 9.83. The second-order valence-electron chi connectivity index (χ2n) is 9.60. The zero-order valence-electron chi connectivity index (χ0n) is 21.7. The number of hydrogen-bond acceptors (Lipinski definition) is 7. The fraction of sp³-hybridized carbons (Fsp3) is 0.129. The summed E-state index contributed by atoms with van der Waals surface area (Å²) < 4.78 is 22.5. The molecule has 2 atom stereocenters. The van der Waals surface area contributed by atoms with Crippen molar-refractivity contribution in [1.82, 2.24) is 19.7 Å². The maximum Gasteiger partial charge on any atom is 0.164 e. The molecule has 9 heteroatoms. The summed E-state index contributed by atoms with van der Waals surface area (Å²) in [6.45, 7) is 3.38. The Kier molecular flexibility index (Phi) is 6.18. The van der Waals surface area contributed by atoms with E-state index in [9.17, 15) is 14.0 Å². The standard InChI is InChI=1S/C31H24FN5O3/c1-17(29-26(21-6-5-7-22(32)14-21)24(15-38)23-8-3-4-9-25(23)40-29)37-31-27(30(33)34-16-35-31)28(36-37)20-12-10-19(11-13-20)18(2)39/h3-17,24H,1-2H3,(H2,33,34,35). The molecule has 6 rings (SSSR count). The molecule has 2 N–H and O–H groups in total. The number of rotatable bonds is 6. The first-order chi connectivity index (χ1) is 19.4. The number of allylic oxidation sites excluding steroid dienone is 2. The molecule has 0 radical (unpaired) electrons. The number of nitrogens with zero attached hydrogens (tertiary/aromatic N) is 4. The highest BCUT2D eigenvalue weighted by atomic mass is 19.1. The minimum absolute atomic E-state index is 0.0466. The number of fused-ring (bicyclic) bond motifs is 2. The Bertz CT molecular complexity index is 1830. The maximum atomic E-state index is 14.4. The number of carbonyl (C=O) groups is 2. The van der Waals surface area contributed by atoms with E-state index < -0.39 is 17.8 Å². The fourth-order valence-corrected chi connectivity index (χ4v) is 5.18. The van der Waals surface area contributed by atoms with E-state index in [0.29, 0.717) is 50.5 Å². The molecular weight excluding hydrogens is 509 g/mol. The van der Waals surface area contributed by atoms with Gasteiger partial charge in [0.2, 0.25) is 0 Å². The lowest BCUT2D eigenvalue weighted by Gasteiger charge is -2.31. The van der Waals surface area contributed by atoms with Crippen LogP contribution in [0.4, 0.5) is 10.2 Å². The summed E-state index contributed by atoms with van der Waals surface area (Å²) in [5.74, 6) is 0.0451. The summed E-state index contributed by atoms with van der Waals surface area (Å²) in [5, 5.41) is 5.44. The van der Waals surface area contributed by atoms with Gasteiger partial charge in [-0.3, -0.25) is 4.79 Å². The molecule has 8 nitrogen and oxygen atoms in total. The van der Waals surface area contributed by atoms with Crippen LogP contribution in [0.5, 0.6) is 5.75 Å². The number of nitrogens with two attached hydrogens (primary N) is 1. The molecule has 3 aromatic carbocycles. The predicted octanol–water partition coefficient (Wildman–Crippen LogP) is 5.76. The first-order valence-corrected chi connectivity index (χ1v) is 12.7. The van der Waals surface area contributed by atoms with E-state index in [1.54, 1.807) is 47.1 Å². The summed E-state index contributed by atoms with van der Waals surface area (Å²) in [4.78, 5) is 33.0. The van der Waals surface area contributed by atoms with Crippen LogP contribution in [-0.4, -0.2) is 31.8 Å². The molecule has 0 fully saturated rings. The predicted molar refractivity (Wildman–Crippen MR) is 149 cm³/mol. The van der Waals surface area contributed by atoms with Gasteiger partial charge in [0.25, 0.3) is 0 Å². The molecule has 2 unspecified atom stereocenters. The van der Waals surface area contributed by atoms with Crippen molar-refractivity contribution < 1.29 is 18.7 Å². The highest BCUT2D eigenvalue weighted by Crippen LogP contribution is 2.46. The van der Waals surface area contributed by atoms with Gasteiger partial charge in [-0.05, 0) is 37.6 Å². The van der Waals surface area contributed by atoms with Gasteiger partial charge in [-0.1, -0.05) is 54.6 Å². The van der Waals surface area contributed by atoms with Crippen molar-refractivity contribution in [2.75, 3.05) is 5.73 Å². The van der Waals surface area contributed by atoms with Gasteiger partial charge in [-0.2, -0.15) is 5.10 Å². The molecule has 0 saturated heterocycles. The van der Waals surface area contributed by atoms with Crippen molar-refractivity contribution in [3.63, 3.8) is 0 Å². The molecule has 0 bridgehead atoms. The summed E-state index contributed by atoms with van der Waals surface area (Å²) in [5.41, 5.74) is 10.4. The first-order valence-electron chi connectivity index (χ1n) is 12.7. The number of para-hydroxylation sites is 1. The van der Waals surface area contributed by atoms with E-state index >= 15 is 0 Å². The summed E-state index contributed by atoms with van der Waals surface area (Å²) in [6.07, 6.45) is 2.20. The molecular formula is C31H24FN5O3. The number of anilines is 1. The average molecular weight is 534 g/mol. The normalized spacial score (nSPS) is 15.4. The monoisotopic (exact) mass is 533 g/mol. The van der Waals surface area contributed by atoms with Crippen LogP contribution in [-0.2, 0) is 4.79 Å². The van der Waals surface area contributed by atoms with Gasteiger partial charge in [0.15, 0.2) is 11.4 Å². The number of Topliss-reactive ketones (excluding diaryl/α,β-unsaturated/α-hetero) is 1. The van der Waals surface area contributed by atoms with E-state index in [0.717, 1.165) is 11.8 Å². The van der Waals surface area contributed by atoms with Crippen molar-refractivity contribution in [2.45, 2.75) is 25.8 Å². The van der Waals surface area contributed by atoms with Gasteiger partial charge in [-0.15, -0.1) is 0 Å². The number of benzene rings is 3. The highest BCUT2D eigenvalue weighted by molar-refractivity contribution is 5.99. The Morgan fingerprint density at radius 3 is 2.55 bits per heavy atom. The SMILES string of the molecule is CC(=O)c1ccc(-c2nn(C(C)C3=C(c4cccc(F)c4)C(C=O)c4ccccc4O3)c3ncnc(N)c23)cc1. The zero-order valence-corrected chi connectivity index (χ0v) is 21.7. The van der Waals surface area contributed by atoms with Gasteiger partial charge in [-0.25, -0.2) is 19.0 Å². The van der Waals surface area contributed by atoms with Crippen LogP contribution in [0.1, 0.15) is 47.3 Å². The number of ether oxygens (including phenoxy) is 1. The van der Waals surface area contributed by atoms with Gasteiger partial charge in [0.1, 0.15) is 47.5 Å². The molecule has 3 heterocycles. The number of nitrogen functional groups attached to an aromatic ring is 1. The molecule has 0 spiro atoms. The van der Waals surface area contributed by atoms with Crippen molar-refractivity contribution in [1.29, 1.82) is 0 Å². The summed E-state index contributed by atoms with van der Waals surface area (Å²) in [7, 11) is 0. The molecule has 0 amide bonds.